The number of carbonyl (C=O) groups is 1. The van der Waals surface area contributed by atoms with Gasteiger partial charge < -0.3 is 14.6 Å². The molecule has 1 N–H and O–H groups in total. The first-order valence-corrected chi connectivity index (χ1v) is 10.0. The SMILES string of the molecule is CC(C)CNC(=O)c1cc2c(OCc3ccccc3)cccc2n1CC(C)C. The van der Waals surface area contributed by atoms with Crippen molar-refractivity contribution >= 4 is 16.8 Å². The fraction of sp³-hybridized carbons (Fsp3) is 0.375. The van der Waals surface area contributed by atoms with Crippen LogP contribution in [0.15, 0.2) is 54.6 Å². The van der Waals surface area contributed by atoms with E-state index in [9.17, 15) is 4.79 Å². The lowest BCUT2D eigenvalue weighted by molar-refractivity contribution is 0.0939. The van der Waals surface area contributed by atoms with Crippen LogP contribution in [-0.4, -0.2) is 17.0 Å². The summed E-state index contributed by atoms with van der Waals surface area (Å²) in [7, 11) is 0. The average molecular weight is 379 g/mol. The number of aromatic nitrogens is 1. The topological polar surface area (TPSA) is 43.3 Å². The van der Waals surface area contributed by atoms with Crippen LogP contribution in [0.1, 0.15) is 43.7 Å². The van der Waals surface area contributed by atoms with E-state index in [2.05, 4.69) is 55.8 Å². The number of ether oxygens (including phenoxy) is 1. The van der Waals surface area contributed by atoms with Crippen molar-refractivity contribution in [3.63, 3.8) is 0 Å². The van der Waals surface area contributed by atoms with E-state index in [1.807, 2.05) is 36.4 Å². The van der Waals surface area contributed by atoms with Gasteiger partial charge in [0, 0.05) is 18.5 Å². The first-order chi connectivity index (χ1) is 13.5. The summed E-state index contributed by atoms with van der Waals surface area (Å²) in [6.07, 6.45) is 0. The van der Waals surface area contributed by atoms with Gasteiger partial charge in [-0.3, -0.25) is 4.79 Å². The normalized spacial score (nSPS) is 11.4. The van der Waals surface area contributed by atoms with E-state index in [1.165, 1.54) is 0 Å². The third-order valence-electron chi connectivity index (χ3n) is 4.59. The smallest absolute Gasteiger partial charge is 0.267 e. The number of hydrogen-bond donors (Lipinski definition) is 1. The number of amides is 1. The van der Waals surface area contributed by atoms with Gasteiger partial charge in [-0.25, -0.2) is 0 Å². The van der Waals surface area contributed by atoms with E-state index in [0.717, 1.165) is 28.8 Å². The maximum Gasteiger partial charge on any atom is 0.267 e. The van der Waals surface area contributed by atoms with Crippen LogP contribution < -0.4 is 10.1 Å². The van der Waals surface area contributed by atoms with Gasteiger partial charge in [-0.2, -0.15) is 0 Å². The van der Waals surface area contributed by atoms with Gasteiger partial charge in [0.2, 0.25) is 0 Å². The number of rotatable bonds is 8. The fourth-order valence-corrected chi connectivity index (χ4v) is 3.26. The number of benzene rings is 2. The molecule has 0 fully saturated rings. The number of fused-ring (bicyclic) bond motifs is 1. The molecule has 0 spiro atoms. The van der Waals surface area contributed by atoms with Crippen LogP contribution in [0.5, 0.6) is 5.75 Å². The lowest BCUT2D eigenvalue weighted by Crippen LogP contribution is -2.29. The van der Waals surface area contributed by atoms with Crippen molar-refractivity contribution in [2.45, 2.75) is 40.8 Å². The molecule has 3 aromatic rings. The average Bonchev–Trinajstić information content (AvgIpc) is 3.04. The number of hydrogen-bond acceptors (Lipinski definition) is 2. The summed E-state index contributed by atoms with van der Waals surface area (Å²) in [5.74, 6) is 1.62. The van der Waals surface area contributed by atoms with Gasteiger partial charge in [-0.15, -0.1) is 0 Å². The monoisotopic (exact) mass is 378 g/mol. The summed E-state index contributed by atoms with van der Waals surface area (Å²) in [4.78, 5) is 12.8. The summed E-state index contributed by atoms with van der Waals surface area (Å²) in [5.41, 5.74) is 2.85. The molecule has 2 aromatic carbocycles. The van der Waals surface area contributed by atoms with Gasteiger partial charge in [0.1, 0.15) is 18.1 Å². The number of nitrogens with one attached hydrogen (secondary N) is 1. The fourth-order valence-electron chi connectivity index (χ4n) is 3.26. The highest BCUT2D eigenvalue weighted by Gasteiger charge is 2.18. The van der Waals surface area contributed by atoms with E-state index >= 15 is 0 Å². The molecule has 0 saturated heterocycles. The summed E-state index contributed by atoms with van der Waals surface area (Å²) in [6.45, 7) is 10.5. The molecule has 0 aliphatic heterocycles. The lowest BCUT2D eigenvalue weighted by atomic mass is 10.2. The molecule has 1 amide bonds. The molecule has 0 aliphatic rings. The molecule has 0 aliphatic carbocycles. The molecule has 0 unspecified atom stereocenters. The van der Waals surface area contributed by atoms with Crippen molar-refractivity contribution in [3.8, 4) is 5.75 Å². The van der Waals surface area contributed by atoms with E-state index in [-0.39, 0.29) is 5.91 Å². The first kappa shape index (κ1) is 20.0. The largest absolute Gasteiger partial charge is 0.488 e. The van der Waals surface area contributed by atoms with Gasteiger partial charge in [0.05, 0.1) is 5.52 Å². The minimum absolute atomic E-state index is 0.0282. The molecular weight excluding hydrogens is 348 g/mol. The standard InChI is InChI=1S/C24H30N2O2/c1-17(2)14-25-24(27)22-13-20-21(26(22)15-18(3)4)11-8-12-23(20)28-16-19-9-6-5-7-10-19/h5-13,17-18H,14-16H2,1-4H3,(H,25,27). The summed E-state index contributed by atoms with van der Waals surface area (Å²) < 4.78 is 8.23. The molecule has 0 saturated carbocycles. The summed E-state index contributed by atoms with van der Waals surface area (Å²) in [5, 5.41) is 4.03. The van der Waals surface area contributed by atoms with Crippen molar-refractivity contribution in [2.75, 3.05) is 6.54 Å². The maximum atomic E-state index is 12.8. The third-order valence-corrected chi connectivity index (χ3v) is 4.59. The second kappa shape index (κ2) is 8.96. The van der Waals surface area contributed by atoms with Crippen molar-refractivity contribution in [1.82, 2.24) is 9.88 Å². The van der Waals surface area contributed by atoms with E-state index in [1.54, 1.807) is 0 Å². The maximum absolute atomic E-state index is 12.8. The van der Waals surface area contributed by atoms with Crippen LogP contribution in [0.25, 0.3) is 10.9 Å². The highest BCUT2D eigenvalue weighted by atomic mass is 16.5. The van der Waals surface area contributed by atoms with Gasteiger partial charge >= 0.3 is 0 Å². The van der Waals surface area contributed by atoms with Crippen molar-refractivity contribution in [2.24, 2.45) is 11.8 Å². The Hall–Kier alpha value is -2.75. The van der Waals surface area contributed by atoms with Crippen molar-refractivity contribution in [1.29, 1.82) is 0 Å². The van der Waals surface area contributed by atoms with E-state index in [4.69, 9.17) is 4.74 Å². The van der Waals surface area contributed by atoms with Gasteiger partial charge in [0.25, 0.3) is 5.91 Å². The minimum atomic E-state index is -0.0282. The predicted molar refractivity (Wildman–Crippen MR) is 115 cm³/mol. The van der Waals surface area contributed by atoms with Crippen LogP contribution in [0.3, 0.4) is 0 Å². The molecule has 0 bridgehead atoms. The Labute approximate surface area is 167 Å². The molecular formula is C24H30N2O2. The Kier molecular flexibility index (Phi) is 6.40. The molecule has 1 aromatic heterocycles. The molecule has 3 rings (SSSR count). The third kappa shape index (κ3) is 4.75. The molecule has 1 heterocycles. The Morgan fingerprint density at radius 1 is 1.00 bits per heavy atom. The highest BCUT2D eigenvalue weighted by molar-refractivity contribution is 6.00. The van der Waals surface area contributed by atoms with Crippen LogP contribution in [0.2, 0.25) is 0 Å². The molecule has 0 radical (unpaired) electrons. The van der Waals surface area contributed by atoms with Gasteiger partial charge in [0.15, 0.2) is 0 Å². The molecule has 0 atom stereocenters. The summed E-state index contributed by atoms with van der Waals surface area (Å²) >= 11 is 0. The van der Waals surface area contributed by atoms with Gasteiger partial charge in [-0.1, -0.05) is 64.1 Å². The zero-order valence-electron chi connectivity index (χ0n) is 17.2. The molecule has 4 nitrogen and oxygen atoms in total. The number of nitrogens with zero attached hydrogens (tertiary/aromatic N) is 1. The second-order valence-corrected chi connectivity index (χ2v) is 8.10. The van der Waals surface area contributed by atoms with Crippen LogP contribution >= 0.6 is 0 Å². The number of carbonyl (C=O) groups excluding carboxylic acids is 1. The molecule has 4 heteroatoms. The van der Waals surface area contributed by atoms with Crippen LogP contribution in [-0.2, 0) is 13.2 Å². The quantitative estimate of drug-likeness (QED) is 0.581. The zero-order valence-corrected chi connectivity index (χ0v) is 17.2. The van der Waals surface area contributed by atoms with Crippen LogP contribution in [0, 0.1) is 11.8 Å². The highest BCUT2D eigenvalue weighted by Crippen LogP contribution is 2.30. The van der Waals surface area contributed by atoms with Gasteiger partial charge in [-0.05, 0) is 35.6 Å². The Morgan fingerprint density at radius 3 is 2.43 bits per heavy atom. The minimum Gasteiger partial charge on any atom is -0.488 e. The van der Waals surface area contributed by atoms with Crippen LogP contribution in [0.4, 0.5) is 0 Å². The van der Waals surface area contributed by atoms with E-state index in [0.29, 0.717) is 30.7 Å². The molecule has 28 heavy (non-hydrogen) atoms. The molecule has 148 valence electrons. The van der Waals surface area contributed by atoms with E-state index < -0.39 is 0 Å². The Bertz CT molecular complexity index is 926. The first-order valence-electron chi connectivity index (χ1n) is 10.0. The summed E-state index contributed by atoms with van der Waals surface area (Å²) in [6, 6.07) is 18.1. The second-order valence-electron chi connectivity index (χ2n) is 8.10. The van der Waals surface area contributed by atoms with Crippen molar-refractivity contribution < 1.29 is 9.53 Å². The lowest BCUT2D eigenvalue weighted by Gasteiger charge is -2.14. The predicted octanol–water partition coefficient (Wildman–Crippen LogP) is 5.26. The zero-order chi connectivity index (χ0) is 20.1. The Balaban J connectivity index is 1.94. The van der Waals surface area contributed by atoms with Crippen molar-refractivity contribution in [3.05, 3.63) is 65.9 Å². The Morgan fingerprint density at radius 2 is 1.75 bits per heavy atom.